The molecule has 1 aromatic carbocycles. The Morgan fingerprint density at radius 1 is 1.31 bits per heavy atom. The molecule has 0 radical (unpaired) electrons. The zero-order valence-electron chi connectivity index (χ0n) is 9.81. The van der Waals surface area contributed by atoms with Crippen molar-refractivity contribution < 1.29 is 8.95 Å². The van der Waals surface area contributed by atoms with Gasteiger partial charge >= 0.3 is 0 Å². The first-order valence-corrected chi connectivity index (χ1v) is 7.07. The van der Waals surface area contributed by atoms with Crippen LogP contribution in [0.1, 0.15) is 25.3 Å². The van der Waals surface area contributed by atoms with Crippen molar-refractivity contribution in [3.63, 3.8) is 0 Å². The molecule has 88 valence electrons. The van der Waals surface area contributed by atoms with Gasteiger partial charge in [-0.2, -0.15) is 0 Å². The highest BCUT2D eigenvalue weighted by molar-refractivity contribution is 7.85. The van der Waals surface area contributed by atoms with Gasteiger partial charge in [0.1, 0.15) is 0 Å². The van der Waals surface area contributed by atoms with E-state index in [1.54, 1.807) is 0 Å². The van der Waals surface area contributed by atoms with Crippen LogP contribution in [0.15, 0.2) is 29.2 Å². The molecule has 0 aromatic heterocycles. The van der Waals surface area contributed by atoms with Crippen molar-refractivity contribution in [2.75, 3.05) is 5.75 Å². The number of rotatable bonds is 3. The summed E-state index contributed by atoms with van der Waals surface area (Å²) in [5.74, 6) is 0.632. The molecule has 0 unspecified atom stereocenters. The summed E-state index contributed by atoms with van der Waals surface area (Å²) in [7, 11) is -0.921. The molecule has 3 heteroatoms. The Morgan fingerprint density at radius 3 is 2.56 bits per heavy atom. The van der Waals surface area contributed by atoms with Crippen LogP contribution in [0.5, 0.6) is 0 Å². The van der Waals surface area contributed by atoms with Crippen LogP contribution in [0.2, 0.25) is 0 Å². The molecule has 0 saturated carbocycles. The van der Waals surface area contributed by atoms with Gasteiger partial charge in [0, 0.05) is 4.90 Å². The van der Waals surface area contributed by atoms with Crippen LogP contribution in [0, 0.1) is 6.92 Å². The summed E-state index contributed by atoms with van der Waals surface area (Å²) < 4.78 is 17.7. The van der Waals surface area contributed by atoms with Crippen molar-refractivity contribution in [1.29, 1.82) is 0 Å². The Bertz CT molecular complexity index is 372. The van der Waals surface area contributed by atoms with Crippen LogP contribution < -0.4 is 0 Å². The minimum absolute atomic E-state index is 0.178. The zero-order valence-corrected chi connectivity index (χ0v) is 10.6. The smallest absolute Gasteiger partial charge is 0.0698 e. The van der Waals surface area contributed by atoms with Gasteiger partial charge in [0.2, 0.25) is 0 Å². The minimum atomic E-state index is -0.921. The molecule has 16 heavy (non-hydrogen) atoms. The molecule has 3 atom stereocenters. The molecule has 1 fully saturated rings. The maximum Gasteiger partial charge on any atom is 0.0698 e. The second-order valence-corrected chi connectivity index (χ2v) is 5.97. The highest BCUT2D eigenvalue weighted by atomic mass is 32.2. The number of aryl methyl sites for hydroxylation is 1. The lowest BCUT2D eigenvalue weighted by atomic mass is 10.2. The third-order valence-corrected chi connectivity index (χ3v) is 4.41. The van der Waals surface area contributed by atoms with E-state index in [1.807, 2.05) is 31.2 Å². The van der Waals surface area contributed by atoms with E-state index in [1.165, 1.54) is 5.56 Å². The average Bonchev–Trinajstić information content (AvgIpc) is 2.65. The third kappa shape index (κ3) is 2.92. The molecule has 1 aliphatic heterocycles. The zero-order chi connectivity index (χ0) is 11.5. The van der Waals surface area contributed by atoms with Crippen molar-refractivity contribution in [1.82, 2.24) is 0 Å². The van der Waals surface area contributed by atoms with Gasteiger partial charge in [0.05, 0.1) is 28.8 Å². The summed E-state index contributed by atoms with van der Waals surface area (Å²) in [6, 6.07) is 7.91. The lowest BCUT2D eigenvalue weighted by Gasteiger charge is -2.10. The first-order valence-electron chi connectivity index (χ1n) is 5.75. The summed E-state index contributed by atoms with van der Waals surface area (Å²) in [5.41, 5.74) is 1.20. The summed E-state index contributed by atoms with van der Waals surface area (Å²) in [4.78, 5) is 0.911. The van der Waals surface area contributed by atoms with Crippen molar-refractivity contribution >= 4 is 10.8 Å². The van der Waals surface area contributed by atoms with E-state index in [9.17, 15) is 4.21 Å². The van der Waals surface area contributed by atoms with Crippen molar-refractivity contribution in [2.45, 2.75) is 43.8 Å². The SMILES string of the molecule is Cc1ccc([S@@](=O)C[C@H]2CC[C@@H](C)O2)cc1. The molecule has 2 nitrogen and oxygen atoms in total. The standard InChI is InChI=1S/C13H18O2S/c1-10-3-7-13(8-4-10)16(14)9-12-6-5-11(2)15-12/h3-4,7-8,11-12H,5-6,9H2,1-2H3/t11-,12-,16+/m1/s1. The lowest BCUT2D eigenvalue weighted by molar-refractivity contribution is 0.0695. The Labute approximate surface area is 99.5 Å². The highest BCUT2D eigenvalue weighted by Crippen LogP contribution is 2.21. The van der Waals surface area contributed by atoms with E-state index in [0.717, 1.165) is 17.7 Å². The van der Waals surface area contributed by atoms with Gasteiger partial charge in [-0.05, 0) is 38.8 Å². The molecule has 1 heterocycles. The van der Waals surface area contributed by atoms with Gasteiger partial charge in [0.15, 0.2) is 0 Å². The Kier molecular flexibility index (Phi) is 3.77. The molecular formula is C13H18O2S. The van der Waals surface area contributed by atoms with E-state index in [-0.39, 0.29) is 6.10 Å². The van der Waals surface area contributed by atoms with E-state index in [0.29, 0.717) is 11.9 Å². The van der Waals surface area contributed by atoms with Crippen LogP contribution in [-0.2, 0) is 15.5 Å². The van der Waals surface area contributed by atoms with Gasteiger partial charge in [0.25, 0.3) is 0 Å². The molecule has 0 aliphatic carbocycles. The summed E-state index contributed by atoms with van der Waals surface area (Å²) >= 11 is 0. The van der Waals surface area contributed by atoms with Crippen molar-refractivity contribution in [3.05, 3.63) is 29.8 Å². The second-order valence-electron chi connectivity index (χ2n) is 4.47. The topological polar surface area (TPSA) is 26.3 Å². The monoisotopic (exact) mass is 238 g/mol. The van der Waals surface area contributed by atoms with E-state index < -0.39 is 10.8 Å². The predicted octanol–water partition coefficient (Wildman–Crippen LogP) is 2.67. The molecular weight excluding hydrogens is 220 g/mol. The van der Waals surface area contributed by atoms with Crippen LogP contribution in [0.4, 0.5) is 0 Å². The largest absolute Gasteiger partial charge is 0.374 e. The van der Waals surface area contributed by atoms with Crippen LogP contribution >= 0.6 is 0 Å². The maximum atomic E-state index is 12.0. The van der Waals surface area contributed by atoms with Gasteiger partial charge in [-0.25, -0.2) is 0 Å². The summed E-state index contributed by atoms with van der Waals surface area (Å²) in [6.07, 6.45) is 2.64. The third-order valence-electron chi connectivity index (χ3n) is 2.94. The van der Waals surface area contributed by atoms with E-state index in [4.69, 9.17) is 4.74 Å². The van der Waals surface area contributed by atoms with Crippen LogP contribution in [0.3, 0.4) is 0 Å². The van der Waals surface area contributed by atoms with Gasteiger partial charge in [-0.3, -0.25) is 4.21 Å². The normalized spacial score (nSPS) is 26.9. The van der Waals surface area contributed by atoms with Gasteiger partial charge in [-0.15, -0.1) is 0 Å². The Balaban J connectivity index is 1.95. The Hall–Kier alpha value is -0.670. The molecule has 0 amide bonds. The van der Waals surface area contributed by atoms with Crippen LogP contribution in [0.25, 0.3) is 0 Å². The predicted molar refractivity (Wildman–Crippen MR) is 66.0 cm³/mol. The molecule has 1 saturated heterocycles. The molecule has 0 bridgehead atoms. The van der Waals surface area contributed by atoms with Crippen LogP contribution in [-0.4, -0.2) is 22.2 Å². The lowest BCUT2D eigenvalue weighted by Crippen LogP contribution is -2.17. The fourth-order valence-corrected chi connectivity index (χ4v) is 3.18. The number of ether oxygens (including phenoxy) is 1. The Morgan fingerprint density at radius 2 is 2.00 bits per heavy atom. The van der Waals surface area contributed by atoms with Crippen molar-refractivity contribution in [2.24, 2.45) is 0 Å². The van der Waals surface area contributed by atoms with E-state index >= 15 is 0 Å². The van der Waals surface area contributed by atoms with Gasteiger partial charge < -0.3 is 4.74 Å². The number of benzene rings is 1. The average molecular weight is 238 g/mol. The second kappa shape index (κ2) is 5.11. The molecule has 1 aromatic rings. The molecule has 0 spiro atoms. The molecule has 2 rings (SSSR count). The summed E-state index contributed by atoms with van der Waals surface area (Å²) in [5, 5.41) is 0. The summed E-state index contributed by atoms with van der Waals surface area (Å²) in [6.45, 7) is 4.11. The number of hydrogen-bond donors (Lipinski definition) is 0. The van der Waals surface area contributed by atoms with Crippen molar-refractivity contribution in [3.8, 4) is 0 Å². The quantitative estimate of drug-likeness (QED) is 0.809. The van der Waals surface area contributed by atoms with Gasteiger partial charge in [-0.1, -0.05) is 17.7 Å². The first-order chi connectivity index (χ1) is 7.65. The minimum Gasteiger partial charge on any atom is -0.374 e. The molecule has 0 N–H and O–H groups in total. The van der Waals surface area contributed by atoms with E-state index in [2.05, 4.69) is 6.92 Å². The highest BCUT2D eigenvalue weighted by Gasteiger charge is 2.23. The first kappa shape index (κ1) is 11.8. The fourth-order valence-electron chi connectivity index (χ4n) is 1.96. The maximum absolute atomic E-state index is 12.0. The number of hydrogen-bond acceptors (Lipinski definition) is 2. The fraction of sp³-hybridized carbons (Fsp3) is 0.538. The molecule has 1 aliphatic rings.